The van der Waals surface area contributed by atoms with Crippen molar-refractivity contribution in [3.05, 3.63) is 107 Å². The highest BCUT2D eigenvalue weighted by Crippen LogP contribution is 2.42. The standard InChI is InChI=1S/C29H16Br4N2O4S2/c30-23-21(22(28(38)39)24(31)26(33)25(23)32)27(37)34-17-10-11-18-20(12-17)41-29(35-18)40-13-19(36)16-8-6-15(7-9-16)14-4-2-1-3-5-14/h1-12H,13H2,(H,34,37)(H,38,39). The third-order valence-corrected chi connectivity index (χ3v) is 12.9. The quantitative estimate of drug-likeness (QED) is 0.0700. The first-order valence-corrected chi connectivity index (χ1v) is 16.7. The number of benzene rings is 4. The molecule has 12 heteroatoms. The fourth-order valence-electron chi connectivity index (χ4n) is 3.97. The molecule has 0 saturated heterocycles. The summed E-state index contributed by atoms with van der Waals surface area (Å²) in [6.45, 7) is 0. The van der Waals surface area contributed by atoms with Crippen molar-refractivity contribution in [2.45, 2.75) is 4.34 Å². The number of carbonyl (C=O) groups excluding carboxylic acids is 2. The van der Waals surface area contributed by atoms with Crippen LogP contribution >= 0.6 is 86.8 Å². The number of carbonyl (C=O) groups is 3. The molecule has 0 saturated carbocycles. The summed E-state index contributed by atoms with van der Waals surface area (Å²) < 4.78 is 3.07. The van der Waals surface area contributed by atoms with Crippen LogP contribution in [0.3, 0.4) is 0 Å². The Labute approximate surface area is 276 Å². The molecule has 0 aliphatic carbocycles. The molecule has 0 radical (unpaired) electrons. The third-order valence-electron chi connectivity index (χ3n) is 5.98. The van der Waals surface area contributed by atoms with E-state index in [1.807, 2.05) is 54.6 Å². The molecule has 1 heterocycles. The van der Waals surface area contributed by atoms with Gasteiger partial charge in [-0.3, -0.25) is 9.59 Å². The molecule has 6 nitrogen and oxygen atoms in total. The smallest absolute Gasteiger partial charge is 0.337 e. The number of amides is 1. The second-order valence-corrected chi connectivity index (χ2v) is 14.0. The van der Waals surface area contributed by atoms with Gasteiger partial charge in [-0.2, -0.15) is 0 Å². The molecule has 0 aliphatic heterocycles. The van der Waals surface area contributed by atoms with Gasteiger partial charge in [0, 0.05) is 29.1 Å². The van der Waals surface area contributed by atoms with Crippen LogP contribution in [0, 0.1) is 0 Å². The number of Topliss-reactive ketones (excluding diaryl/α,β-unsaturated/α-hetero) is 1. The molecule has 0 aliphatic rings. The van der Waals surface area contributed by atoms with Crippen LogP contribution in [0.1, 0.15) is 31.1 Å². The van der Waals surface area contributed by atoms with E-state index >= 15 is 0 Å². The average molecular weight is 840 g/mol. The summed E-state index contributed by atoms with van der Waals surface area (Å²) in [4.78, 5) is 42.6. The number of aromatic carboxylic acids is 1. The minimum Gasteiger partial charge on any atom is -0.478 e. The number of aromatic nitrogens is 1. The van der Waals surface area contributed by atoms with Crippen LogP contribution in [-0.2, 0) is 0 Å². The van der Waals surface area contributed by atoms with Gasteiger partial charge in [-0.25, -0.2) is 9.78 Å². The van der Waals surface area contributed by atoms with E-state index in [4.69, 9.17) is 0 Å². The first-order chi connectivity index (χ1) is 19.6. The van der Waals surface area contributed by atoms with Gasteiger partial charge in [0.2, 0.25) is 0 Å². The average Bonchev–Trinajstić information content (AvgIpc) is 3.39. The molecule has 1 amide bonds. The molecule has 1 aromatic heterocycles. The minimum absolute atomic E-state index is 0.00783. The number of fused-ring (bicyclic) bond motifs is 1. The van der Waals surface area contributed by atoms with Gasteiger partial charge < -0.3 is 10.4 Å². The summed E-state index contributed by atoms with van der Waals surface area (Å²) >= 11 is 16.1. The molecule has 0 fully saturated rings. The fraction of sp³-hybridized carbons (Fsp3) is 0.0345. The first kappa shape index (κ1) is 30.1. The molecule has 4 aromatic carbocycles. The Morgan fingerprint density at radius 3 is 2.10 bits per heavy atom. The lowest BCUT2D eigenvalue weighted by Gasteiger charge is -2.14. The Morgan fingerprint density at radius 2 is 1.44 bits per heavy atom. The maximum Gasteiger partial charge on any atom is 0.337 e. The van der Waals surface area contributed by atoms with Crippen molar-refractivity contribution in [3.8, 4) is 11.1 Å². The molecule has 5 rings (SSSR count). The van der Waals surface area contributed by atoms with Crippen molar-refractivity contribution in [1.82, 2.24) is 4.98 Å². The number of carboxylic acids is 1. The summed E-state index contributed by atoms with van der Waals surface area (Å²) in [7, 11) is 0. The Bertz CT molecular complexity index is 1830. The van der Waals surface area contributed by atoms with E-state index in [9.17, 15) is 19.5 Å². The van der Waals surface area contributed by atoms with Crippen molar-refractivity contribution >= 4 is 120 Å². The summed E-state index contributed by atoms with van der Waals surface area (Å²) in [5.74, 6) is -1.59. The van der Waals surface area contributed by atoms with E-state index < -0.39 is 11.9 Å². The molecule has 0 bridgehead atoms. The van der Waals surface area contributed by atoms with Crippen LogP contribution < -0.4 is 5.32 Å². The molecular formula is C29H16Br4N2O4S2. The van der Waals surface area contributed by atoms with E-state index in [-0.39, 0.29) is 27.1 Å². The highest BCUT2D eigenvalue weighted by atomic mass is 79.9. The number of thiazole rings is 1. The van der Waals surface area contributed by atoms with E-state index in [1.54, 1.807) is 18.2 Å². The minimum atomic E-state index is -1.25. The van der Waals surface area contributed by atoms with Crippen molar-refractivity contribution in [3.63, 3.8) is 0 Å². The molecule has 0 spiro atoms. The van der Waals surface area contributed by atoms with Crippen LogP contribution in [-0.4, -0.2) is 33.5 Å². The molecule has 5 aromatic rings. The lowest BCUT2D eigenvalue weighted by Crippen LogP contribution is -2.18. The number of ketones is 1. The van der Waals surface area contributed by atoms with Crippen molar-refractivity contribution in [2.75, 3.05) is 11.1 Å². The van der Waals surface area contributed by atoms with Gasteiger partial charge in [0.25, 0.3) is 5.91 Å². The van der Waals surface area contributed by atoms with Crippen LogP contribution in [0.4, 0.5) is 5.69 Å². The van der Waals surface area contributed by atoms with Crippen molar-refractivity contribution in [1.29, 1.82) is 0 Å². The Hall–Kier alpha value is -2.35. The van der Waals surface area contributed by atoms with Crippen LogP contribution in [0.2, 0.25) is 0 Å². The number of hydrogen-bond donors (Lipinski definition) is 2. The predicted octanol–water partition coefficient (Wildman–Crippen LogP) is 9.94. The number of thioether (sulfide) groups is 1. The van der Waals surface area contributed by atoms with Gasteiger partial charge in [-0.05, 0) is 93.0 Å². The van der Waals surface area contributed by atoms with Crippen LogP contribution in [0.5, 0.6) is 0 Å². The first-order valence-electron chi connectivity index (χ1n) is 11.8. The van der Waals surface area contributed by atoms with E-state index in [0.717, 1.165) is 25.7 Å². The maximum absolute atomic E-state index is 13.2. The summed E-state index contributed by atoms with van der Waals surface area (Å²) in [6.07, 6.45) is 0. The van der Waals surface area contributed by atoms with Crippen molar-refractivity contribution in [2.24, 2.45) is 0 Å². The maximum atomic E-state index is 13.2. The summed E-state index contributed by atoms with van der Waals surface area (Å²) in [6, 6.07) is 22.8. The number of carboxylic acid groups (broad SMARTS) is 1. The molecule has 2 N–H and O–H groups in total. The lowest BCUT2D eigenvalue weighted by atomic mass is 10.0. The summed E-state index contributed by atoms with van der Waals surface area (Å²) in [5.41, 5.74) is 3.79. The zero-order chi connectivity index (χ0) is 29.3. The second-order valence-electron chi connectivity index (χ2n) is 8.58. The van der Waals surface area contributed by atoms with Gasteiger partial charge in [-0.15, -0.1) is 11.3 Å². The lowest BCUT2D eigenvalue weighted by molar-refractivity contribution is 0.0691. The Kier molecular flexibility index (Phi) is 9.47. The molecule has 206 valence electrons. The van der Waals surface area contributed by atoms with Gasteiger partial charge in [-0.1, -0.05) is 66.4 Å². The van der Waals surface area contributed by atoms with Gasteiger partial charge in [0.1, 0.15) is 0 Å². The highest BCUT2D eigenvalue weighted by Gasteiger charge is 2.28. The number of nitrogens with one attached hydrogen (secondary N) is 1. The topological polar surface area (TPSA) is 96.4 Å². The number of nitrogens with zero attached hydrogens (tertiary/aromatic N) is 1. The largest absolute Gasteiger partial charge is 0.478 e. The number of anilines is 1. The monoisotopic (exact) mass is 836 g/mol. The second kappa shape index (κ2) is 12.9. The van der Waals surface area contributed by atoms with E-state index in [0.29, 0.717) is 24.7 Å². The van der Waals surface area contributed by atoms with Gasteiger partial charge >= 0.3 is 5.97 Å². The number of rotatable bonds is 8. The molecule has 0 atom stereocenters. The predicted molar refractivity (Wildman–Crippen MR) is 179 cm³/mol. The number of hydrogen-bond acceptors (Lipinski definition) is 6. The van der Waals surface area contributed by atoms with E-state index in [2.05, 4.69) is 74.0 Å². The molecular weight excluding hydrogens is 824 g/mol. The van der Waals surface area contributed by atoms with Crippen LogP contribution in [0.25, 0.3) is 21.3 Å². The zero-order valence-corrected chi connectivity index (χ0v) is 28.6. The SMILES string of the molecule is O=C(CSc1nc2ccc(NC(=O)c3c(Br)c(Br)c(Br)c(Br)c3C(=O)O)cc2s1)c1ccc(-c2ccccc2)cc1. The number of halogens is 4. The molecule has 41 heavy (non-hydrogen) atoms. The molecule has 0 unspecified atom stereocenters. The third kappa shape index (κ3) is 6.52. The van der Waals surface area contributed by atoms with Crippen molar-refractivity contribution < 1.29 is 19.5 Å². The fourth-order valence-corrected chi connectivity index (χ4v) is 8.44. The Balaban J connectivity index is 1.29. The van der Waals surface area contributed by atoms with E-state index in [1.165, 1.54) is 23.1 Å². The van der Waals surface area contributed by atoms with Crippen LogP contribution in [0.15, 0.2) is 95.0 Å². The summed E-state index contributed by atoms with van der Waals surface area (Å²) in [5, 5.41) is 12.6. The Morgan fingerprint density at radius 1 is 0.805 bits per heavy atom. The normalized spacial score (nSPS) is 11.0. The highest BCUT2D eigenvalue weighted by molar-refractivity contribution is 9.15. The van der Waals surface area contributed by atoms with Gasteiger partial charge in [0.15, 0.2) is 10.1 Å². The zero-order valence-electron chi connectivity index (χ0n) is 20.6. The van der Waals surface area contributed by atoms with Gasteiger partial charge in [0.05, 0.1) is 27.1 Å².